The van der Waals surface area contributed by atoms with E-state index in [1.165, 1.54) is 23.1 Å². The van der Waals surface area contributed by atoms with Gasteiger partial charge in [0.15, 0.2) is 5.13 Å². The maximum absolute atomic E-state index is 12.1. The molecule has 0 unspecified atom stereocenters. The highest BCUT2D eigenvalue weighted by molar-refractivity contribution is 8.00. The fourth-order valence-corrected chi connectivity index (χ4v) is 3.81. The van der Waals surface area contributed by atoms with Gasteiger partial charge in [-0.3, -0.25) is 4.79 Å². The van der Waals surface area contributed by atoms with Crippen LogP contribution in [0.3, 0.4) is 0 Å². The smallest absolute Gasteiger partial charge is 0.236 e. The van der Waals surface area contributed by atoms with Crippen molar-refractivity contribution in [3.8, 4) is 11.3 Å². The molecule has 1 amide bonds. The molecule has 0 saturated heterocycles. The SMILES string of the molecule is O=C(CSc1ccc(Cl)cc1)Nc1nc(-c2ccc(Cl)c(Cl)c2)cs1. The van der Waals surface area contributed by atoms with Crippen molar-refractivity contribution < 1.29 is 4.79 Å². The van der Waals surface area contributed by atoms with Gasteiger partial charge in [-0.15, -0.1) is 23.1 Å². The van der Waals surface area contributed by atoms with E-state index in [-0.39, 0.29) is 5.91 Å². The zero-order chi connectivity index (χ0) is 17.8. The molecule has 25 heavy (non-hydrogen) atoms. The first kappa shape index (κ1) is 18.5. The molecule has 0 bridgehead atoms. The Balaban J connectivity index is 1.59. The summed E-state index contributed by atoms with van der Waals surface area (Å²) in [5.74, 6) is 0.179. The van der Waals surface area contributed by atoms with E-state index in [1.54, 1.807) is 24.3 Å². The molecular weight excluding hydrogens is 419 g/mol. The minimum Gasteiger partial charge on any atom is -0.301 e. The Kier molecular flexibility index (Phi) is 6.25. The van der Waals surface area contributed by atoms with Crippen molar-refractivity contribution in [2.24, 2.45) is 0 Å². The van der Waals surface area contributed by atoms with Crippen molar-refractivity contribution in [3.05, 3.63) is 62.9 Å². The third kappa shape index (κ3) is 5.12. The highest BCUT2D eigenvalue weighted by atomic mass is 35.5. The average molecular weight is 430 g/mol. The molecule has 0 fully saturated rings. The van der Waals surface area contributed by atoms with E-state index in [4.69, 9.17) is 34.8 Å². The number of hydrogen-bond acceptors (Lipinski definition) is 4. The summed E-state index contributed by atoms with van der Waals surface area (Å²) in [6.07, 6.45) is 0. The van der Waals surface area contributed by atoms with Crippen molar-refractivity contribution in [1.29, 1.82) is 0 Å². The third-order valence-electron chi connectivity index (χ3n) is 3.15. The molecule has 1 aromatic heterocycles. The fraction of sp³-hybridized carbons (Fsp3) is 0.0588. The summed E-state index contributed by atoms with van der Waals surface area (Å²) in [4.78, 5) is 17.5. The number of carbonyl (C=O) groups is 1. The predicted molar refractivity (Wildman–Crippen MR) is 108 cm³/mol. The number of thioether (sulfide) groups is 1. The van der Waals surface area contributed by atoms with Gasteiger partial charge in [0, 0.05) is 20.9 Å². The predicted octanol–water partition coefficient (Wildman–Crippen LogP) is 6.50. The molecule has 0 aliphatic rings. The summed E-state index contributed by atoms with van der Waals surface area (Å²) in [7, 11) is 0. The second-order valence-electron chi connectivity index (χ2n) is 4.96. The first-order chi connectivity index (χ1) is 12.0. The van der Waals surface area contributed by atoms with E-state index in [9.17, 15) is 4.79 Å². The second kappa shape index (κ2) is 8.43. The molecule has 0 spiro atoms. The van der Waals surface area contributed by atoms with E-state index < -0.39 is 0 Å². The molecule has 3 rings (SSSR count). The van der Waals surface area contributed by atoms with Gasteiger partial charge in [-0.2, -0.15) is 0 Å². The lowest BCUT2D eigenvalue weighted by Gasteiger charge is -2.02. The standard InChI is InChI=1S/C17H11Cl3N2OS2/c18-11-2-4-12(5-3-11)24-9-16(23)22-17-21-15(8-25-17)10-1-6-13(19)14(20)7-10/h1-8H,9H2,(H,21,22,23). The van der Waals surface area contributed by atoms with Crippen LogP contribution in [0.1, 0.15) is 0 Å². The maximum atomic E-state index is 12.1. The number of nitrogens with zero attached hydrogens (tertiary/aromatic N) is 1. The molecule has 3 nitrogen and oxygen atoms in total. The molecular formula is C17H11Cl3N2OS2. The van der Waals surface area contributed by atoms with Crippen molar-refractivity contribution in [2.45, 2.75) is 4.90 Å². The van der Waals surface area contributed by atoms with Crippen LogP contribution in [0.4, 0.5) is 5.13 Å². The quantitative estimate of drug-likeness (QED) is 0.471. The molecule has 0 atom stereocenters. The monoisotopic (exact) mass is 428 g/mol. The topological polar surface area (TPSA) is 42.0 Å². The molecule has 8 heteroatoms. The second-order valence-corrected chi connectivity index (χ2v) is 8.12. The lowest BCUT2D eigenvalue weighted by Crippen LogP contribution is -2.13. The summed E-state index contributed by atoms with van der Waals surface area (Å²) in [6.45, 7) is 0. The molecule has 0 aliphatic heterocycles. The number of amides is 1. The fourth-order valence-electron chi connectivity index (χ4n) is 1.95. The van der Waals surface area contributed by atoms with Gasteiger partial charge < -0.3 is 5.32 Å². The van der Waals surface area contributed by atoms with Gasteiger partial charge in [0.05, 0.1) is 21.5 Å². The normalized spacial score (nSPS) is 10.7. The van der Waals surface area contributed by atoms with E-state index >= 15 is 0 Å². The summed E-state index contributed by atoms with van der Waals surface area (Å²) in [5, 5.41) is 6.85. The van der Waals surface area contributed by atoms with Crippen LogP contribution in [0, 0.1) is 0 Å². The Morgan fingerprint density at radius 2 is 1.84 bits per heavy atom. The van der Waals surface area contributed by atoms with Crippen LogP contribution in [0.15, 0.2) is 52.7 Å². The number of anilines is 1. The van der Waals surface area contributed by atoms with Crippen LogP contribution in [0.25, 0.3) is 11.3 Å². The van der Waals surface area contributed by atoms with Crippen LogP contribution in [-0.4, -0.2) is 16.6 Å². The van der Waals surface area contributed by atoms with Gasteiger partial charge >= 0.3 is 0 Å². The van der Waals surface area contributed by atoms with Crippen LogP contribution in [0.2, 0.25) is 15.1 Å². The number of halogens is 3. The molecule has 3 aromatic rings. The molecule has 0 saturated carbocycles. The number of nitrogens with one attached hydrogen (secondary N) is 1. The average Bonchev–Trinajstić information content (AvgIpc) is 3.05. The van der Waals surface area contributed by atoms with Crippen molar-refractivity contribution in [1.82, 2.24) is 4.98 Å². The number of carbonyl (C=O) groups excluding carboxylic acids is 1. The van der Waals surface area contributed by atoms with Crippen molar-refractivity contribution in [3.63, 3.8) is 0 Å². The van der Waals surface area contributed by atoms with Gasteiger partial charge in [-0.1, -0.05) is 40.9 Å². The van der Waals surface area contributed by atoms with Gasteiger partial charge in [0.2, 0.25) is 5.91 Å². The number of thiazole rings is 1. The molecule has 2 aromatic carbocycles. The van der Waals surface area contributed by atoms with Gasteiger partial charge in [-0.25, -0.2) is 4.98 Å². The number of hydrogen-bond donors (Lipinski definition) is 1. The van der Waals surface area contributed by atoms with Crippen molar-refractivity contribution in [2.75, 3.05) is 11.1 Å². The van der Waals surface area contributed by atoms with Gasteiger partial charge in [-0.05, 0) is 36.4 Å². The number of rotatable bonds is 5. The van der Waals surface area contributed by atoms with Crippen molar-refractivity contribution >= 4 is 68.9 Å². The Labute approximate surface area is 168 Å². The Morgan fingerprint density at radius 3 is 2.56 bits per heavy atom. The highest BCUT2D eigenvalue weighted by Crippen LogP contribution is 2.30. The number of aromatic nitrogens is 1. The number of benzene rings is 2. The largest absolute Gasteiger partial charge is 0.301 e. The lowest BCUT2D eigenvalue weighted by molar-refractivity contribution is -0.113. The summed E-state index contributed by atoms with van der Waals surface area (Å²) in [6, 6.07) is 12.7. The molecule has 0 aliphatic carbocycles. The van der Waals surface area contributed by atoms with E-state index in [0.717, 1.165) is 16.2 Å². The minimum atomic E-state index is -0.116. The van der Waals surface area contributed by atoms with Crippen LogP contribution in [0.5, 0.6) is 0 Å². The first-order valence-corrected chi connectivity index (χ1v) is 10.1. The first-order valence-electron chi connectivity index (χ1n) is 7.10. The van der Waals surface area contributed by atoms with E-state index in [1.807, 2.05) is 23.6 Å². The van der Waals surface area contributed by atoms with E-state index in [2.05, 4.69) is 10.3 Å². The summed E-state index contributed by atoms with van der Waals surface area (Å²) < 4.78 is 0. The maximum Gasteiger partial charge on any atom is 0.236 e. The molecule has 0 radical (unpaired) electrons. The van der Waals surface area contributed by atoms with Crippen LogP contribution < -0.4 is 5.32 Å². The van der Waals surface area contributed by atoms with Gasteiger partial charge in [0.25, 0.3) is 0 Å². The molecule has 128 valence electrons. The van der Waals surface area contributed by atoms with E-state index in [0.29, 0.717) is 26.0 Å². The Morgan fingerprint density at radius 1 is 1.08 bits per heavy atom. The Bertz CT molecular complexity index is 897. The van der Waals surface area contributed by atoms with Crippen LogP contribution in [-0.2, 0) is 4.79 Å². The molecule has 1 heterocycles. The molecule has 1 N–H and O–H groups in total. The zero-order valence-corrected chi connectivity index (χ0v) is 16.5. The zero-order valence-electron chi connectivity index (χ0n) is 12.6. The van der Waals surface area contributed by atoms with Gasteiger partial charge in [0.1, 0.15) is 0 Å². The summed E-state index contributed by atoms with van der Waals surface area (Å²) in [5.41, 5.74) is 1.59. The highest BCUT2D eigenvalue weighted by Gasteiger charge is 2.10. The van der Waals surface area contributed by atoms with Crippen LogP contribution >= 0.6 is 57.9 Å². The Hall–Kier alpha value is -1.24. The lowest BCUT2D eigenvalue weighted by atomic mass is 10.2. The minimum absolute atomic E-state index is 0.116. The third-order valence-corrected chi connectivity index (χ3v) is 5.91. The summed E-state index contributed by atoms with van der Waals surface area (Å²) >= 11 is 20.6.